The summed E-state index contributed by atoms with van der Waals surface area (Å²) in [5, 5.41) is 13.8. The highest BCUT2D eigenvalue weighted by atomic mass is 79.9. The number of nitrogens with zero attached hydrogens (tertiary/aromatic N) is 9. The van der Waals surface area contributed by atoms with Gasteiger partial charge in [-0.15, -0.1) is 5.10 Å². The molecular formula is C30H25Br2N11. The number of anilines is 2. The van der Waals surface area contributed by atoms with Crippen LogP contribution < -0.4 is 11.1 Å². The Kier molecular flexibility index (Phi) is 8.16. The second kappa shape index (κ2) is 12.3. The molecule has 5 aromatic heterocycles. The van der Waals surface area contributed by atoms with Gasteiger partial charge in [-0.3, -0.25) is 9.97 Å². The Bertz CT molecular complexity index is 2060. The summed E-state index contributed by atoms with van der Waals surface area (Å²) in [6.45, 7) is 4.12. The first-order chi connectivity index (χ1) is 20.9. The van der Waals surface area contributed by atoms with Crippen molar-refractivity contribution in [2.45, 2.75) is 25.9 Å². The van der Waals surface area contributed by atoms with Gasteiger partial charge in [0.1, 0.15) is 9.21 Å². The minimum atomic E-state index is -0.00166. The van der Waals surface area contributed by atoms with Gasteiger partial charge in [-0.05, 0) is 93.2 Å². The fourth-order valence-corrected chi connectivity index (χ4v) is 5.15. The maximum atomic E-state index is 5.84. The molecule has 0 aliphatic carbocycles. The normalized spacial score (nSPS) is 12.6. The minimum absolute atomic E-state index is 0.00166. The summed E-state index contributed by atoms with van der Waals surface area (Å²) in [5.41, 5.74) is 11.3. The van der Waals surface area contributed by atoms with Gasteiger partial charge < -0.3 is 11.1 Å². The smallest absolute Gasteiger partial charge is 0.221 e. The number of nitrogens with one attached hydrogen (secondary N) is 1. The maximum absolute atomic E-state index is 5.84. The fraction of sp³-hybridized carbons (Fsp3) is 0.133. The largest absolute Gasteiger partial charge is 0.381 e. The minimum Gasteiger partial charge on any atom is -0.381 e. The predicted octanol–water partition coefficient (Wildman–Crippen LogP) is 6.68. The molecule has 0 saturated heterocycles. The molecule has 214 valence electrons. The molecule has 11 nitrogen and oxygen atoms in total. The van der Waals surface area contributed by atoms with Crippen LogP contribution in [0.25, 0.3) is 33.1 Å². The Morgan fingerprint density at radius 1 is 0.767 bits per heavy atom. The van der Waals surface area contributed by atoms with Crippen LogP contribution in [0.15, 0.2) is 94.7 Å². The van der Waals surface area contributed by atoms with Crippen molar-refractivity contribution in [2.75, 3.05) is 11.1 Å². The molecule has 0 fully saturated rings. The number of fused-ring (bicyclic) bond motifs is 3. The van der Waals surface area contributed by atoms with Crippen LogP contribution in [0.4, 0.5) is 11.6 Å². The molecule has 0 aliphatic heterocycles. The van der Waals surface area contributed by atoms with Crippen molar-refractivity contribution >= 4 is 76.6 Å². The van der Waals surface area contributed by atoms with Gasteiger partial charge in [0, 0.05) is 23.2 Å². The van der Waals surface area contributed by atoms with Crippen LogP contribution in [0.2, 0.25) is 0 Å². The van der Waals surface area contributed by atoms with Crippen molar-refractivity contribution < 1.29 is 0 Å². The summed E-state index contributed by atoms with van der Waals surface area (Å²) in [5.74, 6) is 0.954. The molecule has 0 aliphatic rings. The van der Waals surface area contributed by atoms with E-state index in [-0.39, 0.29) is 12.1 Å². The summed E-state index contributed by atoms with van der Waals surface area (Å²) in [7, 11) is 0. The Hall–Kier alpha value is -4.62. The number of pyridine rings is 2. The van der Waals surface area contributed by atoms with Gasteiger partial charge in [0.25, 0.3) is 0 Å². The molecule has 5 heterocycles. The van der Waals surface area contributed by atoms with Gasteiger partial charge in [0.05, 0.1) is 35.5 Å². The number of aromatic nitrogens is 9. The monoisotopic (exact) mass is 697 g/mol. The summed E-state index contributed by atoms with van der Waals surface area (Å²) in [6, 6.07) is 20.4. The highest BCUT2D eigenvalue weighted by molar-refractivity contribution is 9.10. The zero-order chi connectivity index (χ0) is 29.9. The molecule has 13 heteroatoms. The van der Waals surface area contributed by atoms with E-state index in [1.807, 2.05) is 36.4 Å². The van der Waals surface area contributed by atoms with Crippen LogP contribution in [0.1, 0.15) is 37.1 Å². The Morgan fingerprint density at radius 2 is 1.40 bits per heavy atom. The van der Waals surface area contributed by atoms with E-state index in [0.29, 0.717) is 32.1 Å². The lowest BCUT2D eigenvalue weighted by Gasteiger charge is -2.16. The van der Waals surface area contributed by atoms with Crippen molar-refractivity contribution in [3.8, 4) is 0 Å². The Morgan fingerprint density at radius 3 is 2.12 bits per heavy atom. The SMILES string of the molecule is CC(Nc1nc(Br)cnc1N)c1ccc2ncccc2c1.CC(c1ccc2ncccc2c1)n1nnc2ncc(Br)nc21. The molecule has 0 bridgehead atoms. The number of halogens is 2. The number of hydrogen-bond acceptors (Lipinski definition) is 10. The average molecular weight is 699 g/mol. The highest BCUT2D eigenvalue weighted by Gasteiger charge is 2.16. The third-order valence-corrected chi connectivity index (χ3v) is 7.65. The fourth-order valence-electron chi connectivity index (χ4n) is 4.60. The number of nitrogens with two attached hydrogens (primary N) is 1. The van der Waals surface area contributed by atoms with Gasteiger partial charge in [0.15, 0.2) is 17.3 Å². The predicted molar refractivity (Wildman–Crippen MR) is 174 cm³/mol. The summed E-state index contributed by atoms with van der Waals surface area (Å²) >= 11 is 6.64. The topological polar surface area (TPSA) is 146 Å². The molecule has 0 saturated carbocycles. The number of benzene rings is 2. The van der Waals surface area contributed by atoms with Crippen molar-refractivity contribution in [1.29, 1.82) is 0 Å². The Balaban J connectivity index is 0.000000153. The number of nitrogen functional groups attached to an aromatic ring is 1. The summed E-state index contributed by atoms with van der Waals surface area (Å²) in [4.78, 5) is 25.7. The van der Waals surface area contributed by atoms with E-state index < -0.39 is 0 Å². The van der Waals surface area contributed by atoms with Gasteiger partial charge in [0.2, 0.25) is 5.65 Å². The molecule has 43 heavy (non-hydrogen) atoms. The first kappa shape index (κ1) is 28.5. The molecule has 2 aromatic carbocycles. The lowest BCUT2D eigenvalue weighted by Crippen LogP contribution is -2.11. The molecule has 0 radical (unpaired) electrons. The second-order valence-corrected chi connectivity index (χ2v) is 11.4. The van der Waals surface area contributed by atoms with Crippen molar-refractivity contribution in [3.05, 3.63) is 106 Å². The van der Waals surface area contributed by atoms with Crippen LogP contribution >= 0.6 is 31.9 Å². The van der Waals surface area contributed by atoms with E-state index in [0.717, 1.165) is 32.9 Å². The standard InChI is InChI=1S/C15H11BrN6.C15H14BrN5/c1-9(10-4-5-12-11(7-10)3-2-6-17-12)22-15-14(20-21-22)18-8-13(16)19-15;1-9(20-15-14(17)19-8-13(16)21-15)10-4-5-12-11(7-10)3-2-6-18-12/h2-9H,1H3;2-9H,1H3,(H2,17,19)(H,20,21). The van der Waals surface area contributed by atoms with Crippen molar-refractivity contribution in [2.24, 2.45) is 0 Å². The lowest BCUT2D eigenvalue weighted by molar-refractivity contribution is 0.556. The first-order valence-corrected chi connectivity index (χ1v) is 14.9. The van der Waals surface area contributed by atoms with E-state index in [1.165, 1.54) is 0 Å². The Labute approximate surface area is 263 Å². The average Bonchev–Trinajstić information content (AvgIpc) is 3.45. The van der Waals surface area contributed by atoms with E-state index in [2.05, 4.69) is 116 Å². The molecule has 3 N–H and O–H groups in total. The molecule has 7 rings (SSSR count). The quantitative estimate of drug-likeness (QED) is 0.199. The number of hydrogen-bond donors (Lipinski definition) is 2. The molecule has 2 atom stereocenters. The zero-order valence-corrected chi connectivity index (χ0v) is 26.3. The van der Waals surface area contributed by atoms with Crippen molar-refractivity contribution in [1.82, 2.24) is 44.9 Å². The molecule has 0 amide bonds. The maximum Gasteiger partial charge on any atom is 0.221 e. The third kappa shape index (κ3) is 6.27. The van der Waals surface area contributed by atoms with E-state index in [9.17, 15) is 0 Å². The van der Waals surface area contributed by atoms with Gasteiger partial charge >= 0.3 is 0 Å². The second-order valence-electron chi connectivity index (χ2n) is 9.75. The third-order valence-electron chi connectivity index (χ3n) is 6.89. The van der Waals surface area contributed by atoms with E-state index in [1.54, 1.807) is 29.5 Å². The van der Waals surface area contributed by atoms with Gasteiger partial charge in [-0.2, -0.15) is 0 Å². The zero-order valence-electron chi connectivity index (χ0n) is 23.1. The van der Waals surface area contributed by atoms with Crippen LogP contribution in [0.5, 0.6) is 0 Å². The van der Waals surface area contributed by atoms with Gasteiger partial charge in [-0.1, -0.05) is 29.5 Å². The molecule has 2 unspecified atom stereocenters. The first-order valence-electron chi connectivity index (χ1n) is 13.3. The van der Waals surface area contributed by atoms with Crippen LogP contribution in [-0.4, -0.2) is 44.9 Å². The van der Waals surface area contributed by atoms with Gasteiger partial charge in [-0.25, -0.2) is 24.6 Å². The van der Waals surface area contributed by atoms with Crippen LogP contribution in [-0.2, 0) is 0 Å². The van der Waals surface area contributed by atoms with Crippen molar-refractivity contribution in [3.63, 3.8) is 0 Å². The van der Waals surface area contributed by atoms with Crippen LogP contribution in [0.3, 0.4) is 0 Å². The molecule has 7 aromatic rings. The lowest BCUT2D eigenvalue weighted by atomic mass is 10.1. The molecular weight excluding hydrogens is 674 g/mol. The summed E-state index contributed by atoms with van der Waals surface area (Å²) in [6.07, 6.45) is 6.78. The number of rotatable bonds is 5. The van der Waals surface area contributed by atoms with Crippen LogP contribution in [0, 0.1) is 0 Å². The highest BCUT2D eigenvalue weighted by Crippen LogP contribution is 2.26. The molecule has 0 spiro atoms. The summed E-state index contributed by atoms with van der Waals surface area (Å²) < 4.78 is 3.09. The van der Waals surface area contributed by atoms with E-state index in [4.69, 9.17) is 5.73 Å². The van der Waals surface area contributed by atoms with E-state index >= 15 is 0 Å².